The first kappa shape index (κ1) is 10.8. The first-order valence-electron chi connectivity index (χ1n) is 3.90. The van der Waals surface area contributed by atoms with Crippen molar-refractivity contribution >= 4 is 27.7 Å². The molecule has 76 valence electrons. The Hall–Kier alpha value is -1.30. The van der Waals surface area contributed by atoms with Gasteiger partial charge < -0.3 is 15.5 Å². The Morgan fingerprint density at radius 1 is 1.57 bits per heavy atom. The first-order valence-corrected chi connectivity index (χ1v) is 4.70. The summed E-state index contributed by atoms with van der Waals surface area (Å²) in [5.74, 6) is -0.747. The average Bonchev–Trinajstić information content (AvgIpc) is 2.50. The van der Waals surface area contributed by atoms with Crippen LogP contribution in [0.4, 0.5) is 0 Å². The van der Waals surface area contributed by atoms with Crippen molar-refractivity contribution in [2.24, 2.45) is 5.73 Å². The third-order valence-electron chi connectivity index (χ3n) is 1.52. The minimum Gasteiger partial charge on any atom is -0.457 e. The summed E-state index contributed by atoms with van der Waals surface area (Å²) in [7, 11) is 0. The zero-order valence-electron chi connectivity index (χ0n) is 7.25. The van der Waals surface area contributed by atoms with Gasteiger partial charge in [-0.3, -0.25) is 9.59 Å². The molecule has 0 spiro atoms. The number of primary amides is 1. The van der Waals surface area contributed by atoms with Gasteiger partial charge in [-0.15, -0.1) is 0 Å². The Morgan fingerprint density at radius 3 is 2.79 bits per heavy atom. The highest BCUT2D eigenvalue weighted by atomic mass is 79.9. The molecule has 1 rings (SSSR count). The second kappa shape index (κ2) is 4.80. The molecule has 2 amide bonds. The Labute approximate surface area is 88.8 Å². The predicted octanol–water partition coefficient (Wildman–Crippen LogP) is 0.647. The van der Waals surface area contributed by atoms with Crippen molar-refractivity contribution in [2.45, 2.75) is 6.42 Å². The fourth-order valence-electron chi connectivity index (χ4n) is 0.850. The molecule has 14 heavy (non-hydrogen) atoms. The second-order valence-electron chi connectivity index (χ2n) is 2.58. The number of hydrogen-bond donors (Lipinski definition) is 2. The average molecular weight is 261 g/mol. The van der Waals surface area contributed by atoms with Crippen molar-refractivity contribution in [3.05, 3.63) is 22.6 Å². The monoisotopic (exact) mass is 260 g/mol. The number of carbonyl (C=O) groups excluding carboxylic acids is 2. The van der Waals surface area contributed by atoms with Crippen molar-refractivity contribution in [3.8, 4) is 0 Å². The van der Waals surface area contributed by atoms with Crippen LogP contribution in [0.5, 0.6) is 0 Å². The van der Waals surface area contributed by atoms with E-state index in [1.54, 1.807) is 0 Å². The van der Waals surface area contributed by atoms with Gasteiger partial charge in [0.15, 0.2) is 4.67 Å². The van der Waals surface area contributed by atoms with Crippen LogP contribution in [-0.4, -0.2) is 18.4 Å². The Bertz CT molecular complexity index is 348. The fraction of sp³-hybridized carbons (Fsp3) is 0.250. The number of nitrogens with one attached hydrogen (secondary N) is 1. The molecule has 0 aliphatic heterocycles. The van der Waals surface area contributed by atoms with Crippen LogP contribution in [0.2, 0.25) is 0 Å². The maximum atomic E-state index is 11.4. The van der Waals surface area contributed by atoms with Gasteiger partial charge in [-0.2, -0.15) is 0 Å². The minimum atomic E-state index is -0.448. The van der Waals surface area contributed by atoms with E-state index in [-0.39, 0.29) is 18.9 Å². The molecule has 1 aromatic heterocycles. The van der Waals surface area contributed by atoms with Gasteiger partial charge in [0.05, 0.1) is 11.8 Å². The largest absolute Gasteiger partial charge is 0.457 e. The third-order valence-corrected chi connectivity index (χ3v) is 2.13. The zero-order valence-corrected chi connectivity index (χ0v) is 8.83. The van der Waals surface area contributed by atoms with Crippen LogP contribution in [0.25, 0.3) is 0 Å². The highest BCUT2D eigenvalue weighted by molar-refractivity contribution is 9.10. The molecule has 3 N–H and O–H groups in total. The number of carbonyl (C=O) groups is 2. The van der Waals surface area contributed by atoms with Gasteiger partial charge in [0, 0.05) is 13.0 Å². The Morgan fingerprint density at radius 2 is 2.29 bits per heavy atom. The lowest BCUT2D eigenvalue weighted by Gasteiger charge is -2.00. The summed E-state index contributed by atoms with van der Waals surface area (Å²) in [6, 6.07) is 1.53. The lowest BCUT2D eigenvalue weighted by atomic mass is 10.3. The van der Waals surface area contributed by atoms with E-state index in [1.165, 1.54) is 12.3 Å². The number of amides is 2. The van der Waals surface area contributed by atoms with E-state index in [4.69, 9.17) is 10.2 Å². The van der Waals surface area contributed by atoms with Gasteiger partial charge >= 0.3 is 0 Å². The second-order valence-corrected chi connectivity index (χ2v) is 3.30. The third kappa shape index (κ3) is 2.88. The SMILES string of the molecule is NC(=O)CCNC(=O)c1ccoc1Br. The van der Waals surface area contributed by atoms with E-state index in [1.807, 2.05) is 0 Å². The summed E-state index contributed by atoms with van der Waals surface area (Å²) in [6.07, 6.45) is 1.52. The van der Waals surface area contributed by atoms with Gasteiger partial charge in [-0.1, -0.05) is 0 Å². The fourth-order valence-corrected chi connectivity index (χ4v) is 1.27. The van der Waals surface area contributed by atoms with E-state index in [2.05, 4.69) is 21.2 Å². The highest BCUT2D eigenvalue weighted by Crippen LogP contribution is 2.16. The molecule has 0 unspecified atom stereocenters. The summed E-state index contributed by atoms with van der Waals surface area (Å²) >= 11 is 3.07. The van der Waals surface area contributed by atoms with Crippen LogP contribution in [0.3, 0.4) is 0 Å². The van der Waals surface area contributed by atoms with Crippen LogP contribution < -0.4 is 11.1 Å². The van der Waals surface area contributed by atoms with E-state index >= 15 is 0 Å². The molecular formula is C8H9BrN2O3. The van der Waals surface area contributed by atoms with Gasteiger partial charge in [0.1, 0.15) is 0 Å². The van der Waals surface area contributed by atoms with Crippen molar-refractivity contribution in [3.63, 3.8) is 0 Å². The first-order chi connectivity index (χ1) is 6.61. The summed E-state index contributed by atoms with van der Waals surface area (Å²) in [5.41, 5.74) is 5.31. The van der Waals surface area contributed by atoms with Crippen molar-refractivity contribution in [2.75, 3.05) is 6.54 Å². The highest BCUT2D eigenvalue weighted by Gasteiger charge is 2.11. The molecule has 0 radical (unpaired) electrons. The molecule has 0 saturated carbocycles. The molecule has 0 saturated heterocycles. The number of rotatable bonds is 4. The summed E-state index contributed by atoms with van der Waals surface area (Å²) in [6.45, 7) is 0.228. The molecule has 0 aliphatic carbocycles. The molecule has 0 aliphatic rings. The summed E-state index contributed by atoms with van der Waals surface area (Å²) in [5, 5.41) is 2.53. The molecule has 6 heteroatoms. The standard InChI is InChI=1S/C8H9BrN2O3/c9-7-5(2-4-14-7)8(13)11-3-1-6(10)12/h2,4H,1,3H2,(H2,10,12)(H,11,13). The van der Waals surface area contributed by atoms with Gasteiger partial charge in [0.25, 0.3) is 5.91 Å². The number of furan rings is 1. The molecule has 0 atom stereocenters. The van der Waals surface area contributed by atoms with Crippen LogP contribution >= 0.6 is 15.9 Å². The number of hydrogen-bond acceptors (Lipinski definition) is 3. The van der Waals surface area contributed by atoms with Gasteiger partial charge in [0.2, 0.25) is 5.91 Å². The normalized spacial score (nSPS) is 9.79. The maximum absolute atomic E-state index is 11.4. The zero-order chi connectivity index (χ0) is 10.6. The van der Waals surface area contributed by atoms with E-state index in [0.29, 0.717) is 10.2 Å². The summed E-state index contributed by atoms with van der Waals surface area (Å²) < 4.78 is 5.25. The van der Waals surface area contributed by atoms with E-state index in [9.17, 15) is 9.59 Å². The molecule has 0 fully saturated rings. The smallest absolute Gasteiger partial charge is 0.255 e. The van der Waals surface area contributed by atoms with Crippen molar-refractivity contribution in [1.29, 1.82) is 0 Å². The summed E-state index contributed by atoms with van der Waals surface area (Å²) in [4.78, 5) is 21.7. The molecule has 0 aromatic carbocycles. The van der Waals surface area contributed by atoms with Crippen molar-refractivity contribution in [1.82, 2.24) is 5.32 Å². The Kier molecular flexibility index (Phi) is 3.70. The van der Waals surface area contributed by atoms with E-state index in [0.717, 1.165) is 0 Å². The lowest BCUT2D eigenvalue weighted by molar-refractivity contribution is -0.117. The van der Waals surface area contributed by atoms with Gasteiger partial charge in [-0.05, 0) is 22.0 Å². The van der Waals surface area contributed by atoms with Gasteiger partial charge in [-0.25, -0.2) is 0 Å². The number of halogens is 1. The predicted molar refractivity (Wildman–Crippen MR) is 52.6 cm³/mol. The van der Waals surface area contributed by atoms with E-state index < -0.39 is 5.91 Å². The molecule has 1 heterocycles. The molecular weight excluding hydrogens is 252 g/mol. The maximum Gasteiger partial charge on any atom is 0.255 e. The quantitative estimate of drug-likeness (QED) is 0.834. The van der Waals surface area contributed by atoms with Crippen LogP contribution in [0.15, 0.2) is 21.4 Å². The molecule has 5 nitrogen and oxygen atoms in total. The topological polar surface area (TPSA) is 85.3 Å². The lowest BCUT2D eigenvalue weighted by Crippen LogP contribution is -2.27. The minimum absolute atomic E-state index is 0.126. The molecule has 1 aromatic rings. The van der Waals surface area contributed by atoms with Crippen molar-refractivity contribution < 1.29 is 14.0 Å². The van der Waals surface area contributed by atoms with Crippen LogP contribution in [-0.2, 0) is 4.79 Å². The molecule has 0 bridgehead atoms. The Balaban J connectivity index is 2.44. The van der Waals surface area contributed by atoms with Crippen LogP contribution in [0.1, 0.15) is 16.8 Å². The van der Waals surface area contributed by atoms with Crippen LogP contribution in [0, 0.1) is 0 Å². The number of nitrogens with two attached hydrogens (primary N) is 1.